The summed E-state index contributed by atoms with van der Waals surface area (Å²) in [6.45, 7) is 6.14. The van der Waals surface area contributed by atoms with E-state index in [0.717, 1.165) is 11.3 Å². The van der Waals surface area contributed by atoms with Crippen LogP contribution in [0.25, 0.3) is 0 Å². The molecule has 72 valence electrons. The van der Waals surface area contributed by atoms with E-state index in [1.165, 1.54) is 11.1 Å². The molecule has 0 bridgehead atoms. The Hall–Kier alpha value is -1.02. The van der Waals surface area contributed by atoms with Crippen molar-refractivity contribution in [3.05, 3.63) is 28.8 Å². The zero-order valence-electron chi connectivity index (χ0n) is 8.72. The van der Waals surface area contributed by atoms with Crippen LogP contribution in [0.5, 0.6) is 5.75 Å². The van der Waals surface area contributed by atoms with Crippen molar-refractivity contribution in [2.75, 3.05) is 7.11 Å². The van der Waals surface area contributed by atoms with Gasteiger partial charge in [0.25, 0.3) is 0 Å². The van der Waals surface area contributed by atoms with Crippen molar-refractivity contribution in [3.63, 3.8) is 0 Å². The summed E-state index contributed by atoms with van der Waals surface area (Å²) in [5.41, 5.74) is 9.48. The summed E-state index contributed by atoms with van der Waals surface area (Å²) in [7, 11) is 1.68. The molecule has 0 heterocycles. The van der Waals surface area contributed by atoms with Gasteiger partial charge in [0, 0.05) is 11.6 Å². The lowest BCUT2D eigenvalue weighted by atomic mass is 9.98. The third-order valence-corrected chi connectivity index (χ3v) is 2.42. The molecule has 1 rings (SSSR count). The van der Waals surface area contributed by atoms with Crippen LogP contribution >= 0.6 is 0 Å². The molecule has 2 N–H and O–H groups in total. The highest BCUT2D eigenvalue weighted by Gasteiger charge is 2.11. The molecule has 0 radical (unpaired) electrons. The van der Waals surface area contributed by atoms with Gasteiger partial charge in [-0.15, -0.1) is 0 Å². The second kappa shape index (κ2) is 3.79. The molecule has 1 aromatic rings. The maximum absolute atomic E-state index is 5.88. The van der Waals surface area contributed by atoms with Gasteiger partial charge in [-0.1, -0.05) is 6.07 Å². The fourth-order valence-electron chi connectivity index (χ4n) is 1.56. The summed E-state index contributed by atoms with van der Waals surface area (Å²) in [4.78, 5) is 0. The average molecular weight is 179 g/mol. The number of benzene rings is 1. The minimum absolute atomic E-state index is 0.0230. The monoisotopic (exact) mass is 179 g/mol. The van der Waals surface area contributed by atoms with Crippen molar-refractivity contribution in [2.45, 2.75) is 26.8 Å². The molecule has 1 aromatic carbocycles. The summed E-state index contributed by atoms with van der Waals surface area (Å²) >= 11 is 0. The van der Waals surface area contributed by atoms with Crippen molar-refractivity contribution in [2.24, 2.45) is 5.73 Å². The lowest BCUT2D eigenvalue weighted by molar-refractivity contribution is 0.406. The molecule has 0 aliphatic rings. The molecule has 0 aliphatic carbocycles. The molecule has 0 amide bonds. The first kappa shape index (κ1) is 10.1. The number of ether oxygens (including phenoxy) is 1. The molecular weight excluding hydrogens is 162 g/mol. The fourth-order valence-corrected chi connectivity index (χ4v) is 1.56. The lowest BCUT2D eigenvalue weighted by Gasteiger charge is -2.16. The van der Waals surface area contributed by atoms with Crippen molar-refractivity contribution < 1.29 is 4.74 Å². The summed E-state index contributed by atoms with van der Waals surface area (Å²) in [6, 6.07) is 4.05. The van der Waals surface area contributed by atoms with Crippen molar-refractivity contribution >= 4 is 0 Å². The van der Waals surface area contributed by atoms with Gasteiger partial charge in [0.05, 0.1) is 7.11 Å². The van der Waals surface area contributed by atoms with Crippen LogP contribution in [-0.2, 0) is 0 Å². The highest BCUT2D eigenvalue weighted by atomic mass is 16.5. The Morgan fingerprint density at radius 3 is 2.38 bits per heavy atom. The van der Waals surface area contributed by atoms with E-state index in [1.54, 1.807) is 7.11 Å². The van der Waals surface area contributed by atoms with E-state index in [1.807, 2.05) is 13.0 Å². The van der Waals surface area contributed by atoms with Crippen molar-refractivity contribution in [3.8, 4) is 5.75 Å². The van der Waals surface area contributed by atoms with E-state index in [9.17, 15) is 0 Å². The van der Waals surface area contributed by atoms with E-state index in [0.29, 0.717) is 0 Å². The summed E-state index contributed by atoms with van der Waals surface area (Å²) in [5, 5.41) is 0. The topological polar surface area (TPSA) is 35.2 Å². The van der Waals surface area contributed by atoms with Gasteiger partial charge in [0.2, 0.25) is 0 Å². The number of hydrogen-bond donors (Lipinski definition) is 1. The summed E-state index contributed by atoms with van der Waals surface area (Å²) in [5.74, 6) is 0.887. The number of hydrogen-bond acceptors (Lipinski definition) is 2. The predicted molar refractivity (Wildman–Crippen MR) is 55.1 cm³/mol. The number of methoxy groups -OCH3 is 1. The molecule has 2 heteroatoms. The van der Waals surface area contributed by atoms with Crippen LogP contribution < -0.4 is 10.5 Å². The van der Waals surface area contributed by atoms with Gasteiger partial charge in [-0.25, -0.2) is 0 Å². The Bertz CT molecular complexity index is 305. The third kappa shape index (κ3) is 1.83. The van der Waals surface area contributed by atoms with Crippen LogP contribution in [0.4, 0.5) is 0 Å². The molecule has 1 atom stereocenters. The highest BCUT2D eigenvalue weighted by molar-refractivity contribution is 5.45. The Kier molecular flexibility index (Phi) is 2.94. The number of nitrogens with two attached hydrogens (primary N) is 1. The van der Waals surface area contributed by atoms with Gasteiger partial charge >= 0.3 is 0 Å². The highest BCUT2D eigenvalue weighted by Crippen LogP contribution is 2.28. The molecular formula is C11H17NO. The number of rotatable bonds is 2. The Balaban J connectivity index is 3.32. The van der Waals surface area contributed by atoms with E-state index in [4.69, 9.17) is 10.5 Å². The molecule has 0 saturated carbocycles. The Labute approximate surface area is 79.7 Å². The predicted octanol–water partition coefficient (Wildman–Crippen LogP) is 2.33. The molecule has 0 spiro atoms. The van der Waals surface area contributed by atoms with Crippen LogP contribution in [0, 0.1) is 13.8 Å². The SMILES string of the molecule is COc1ccc(C)c(C)c1C(C)N. The first-order valence-corrected chi connectivity index (χ1v) is 4.47. The molecule has 0 aromatic heterocycles. The van der Waals surface area contributed by atoms with Gasteiger partial charge in [-0.3, -0.25) is 0 Å². The van der Waals surface area contributed by atoms with Crippen LogP contribution in [-0.4, -0.2) is 7.11 Å². The van der Waals surface area contributed by atoms with E-state index >= 15 is 0 Å². The van der Waals surface area contributed by atoms with Crippen molar-refractivity contribution in [1.82, 2.24) is 0 Å². The third-order valence-electron chi connectivity index (χ3n) is 2.42. The fraction of sp³-hybridized carbons (Fsp3) is 0.455. The Morgan fingerprint density at radius 1 is 1.31 bits per heavy atom. The molecule has 0 aliphatic heterocycles. The minimum Gasteiger partial charge on any atom is -0.496 e. The van der Waals surface area contributed by atoms with Crippen LogP contribution in [0.2, 0.25) is 0 Å². The molecule has 0 saturated heterocycles. The molecule has 2 nitrogen and oxygen atoms in total. The maximum atomic E-state index is 5.88. The van der Waals surface area contributed by atoms with Gasteiger partial charge in [-0.05, 0) is 38.0 Å². The van der Waals surface area contributed by atoms with E-state index in [2.05, 4.69) is 19.9 Å². The van der Waals surface area contributed by atoms with Crippen LogP contribution in [0.1, 0.15) is 29.7 Å². The molecule has 0 fully saturated rings. The average Bonchev–Trinajstić information content (AvgIpc) is 2.08. The first-order valence-electron chi connectivity index (χ1n) is 4.47. The zero-order chi connectivity index (χ0) is 10.0. The number of aryl methyl sites for hydroxylation is 1. The normalized spacial score (nSPS) is 12.7. The van der Waals surface area contributed by atoms with Crippen molar-refractivity contribution in [1.29, 1.82) is 0 Å². The van der Waals surface area contributed by atoms with Gasteiger partial charge in [-0.2, -0.15) is 0 Å². The minimum atomic E-state index is 0.0230. The first-order chi connectivity index (χ1) is 6.07. The largest absolute Gasteiger partial charge is 0.496 e. The standard InChI is InChI=1S/C11H17NO/c1-7-5-6-10(13-4)11(8(7)2)9(3)12/h5-6,9H,12H2,1-4H3. The molecule has 1 unspecified atom stereocenters. The lowest BCUT2D eigenvalue weighted by Crippen LogP contribution is -2.09. The second-order valence-electron chi connectivity index (χ2n) is 3.41. The molecule has 13 heavy (non-hydrogen) atoms. The van der Waals surface area contributed by atoms with Crippen LogP contribution in [0.15, 0.2) is 12.1 Å². The smallest absolute Gasteiger partial charge is 0.123 e. The van der Waals surface area contributed by atoms with Gasteiger partial charge in [0.1, 0.15) is 5.75 Å². The zero-order valence-corrected chi connectivity index (χ0v) is 8.72. The maximum Gasteiger partial charge on any atom is 0.123 e. The van der Waals surface area contributed by atoms with Gasteiger partial charge in [0.15, 0.2) is 0 Å². The summed E-state index contributed by atoms with van der Waals surface area (Å²) in [6.07, 6.45) is 0. The van der Waals surface area contributed by atoms with E-state index < -0.39 is 0 Å². The second-order valence-corrected chi connectivity index (χ2v) is 3.41. The quantitative estimate of drug-likeness (QED) is 0.756. The van der Waals surface area contributed by atoms with Crippen LogP contribution in [0.3, 0.4) is 0 Å². The summed E-state index contributed by atoms with van der Waals surface area (Å²) < 4.78 is 5.26. The Morgan fingerprint density at radius 2 is 1.92 bits per heavy atom. The van der Waals surface area contributed by atoms with E-state index in [-0.39, 0.29) is 6.04 Å². The van der Waals surface area contributed by atoms with Gasteiger partial charge < -0.3 is 10.5 Å².